The fourth-order valence-corrected chi connectivity index (χ4v) is 5.45. The van der Waals surface area contributed by atoms with Gasteiger partial charge in [-0.25, -0.2) is 4.98 Å². The predicted octanol–water partition coefficient (Wildman–Crippen LogP) is 6.51. The molecule has 0 radical (unpaired) electrons. The molecule has 1 aromatic carbocycles. The first kappa shape index (κ1) is 24.1. The van der Waals surface area contributed by atoms with Crippen molar-refractivity contribution in [2.24, 2.45) is 5.92 Å². The number of nitrogens with one attached hydrogen (secondary N) is 3. The molecule has 0 unspecified atom stereocenters. The number of pyridine rings is 1. The number of aryl methyl sites for hydroxylation is 1. The van der Waals surface area contributed by atoms with Gasteiger partial charge in [-0.15, -0.1) is 0 Å². The highest BCUT2D eigenvalue weighted by atomic mass is 15.1. The number of nitrogens with zero attached hydrogens (tertiary/aromatic N) is 4. The van der Waals surface area contributed by atoms with Crippen LogP contribution in [0, 0.1) is 12.8 Å². The second-order valence-electron chi connectivity index (χ2n) is 10.1. The van der Waals surface area contributed by atoms with Crippen molar-refractivity contribution >= 4 is 27.4 Å². The third-order valence-electron chi connectivity index (χ3n) is 7.53. The van der Waals surface area contributed by atoms with Crippen molar-refractivity contribution in [2.45, 2.75) is 33.1 Å². The Hall–Kier alpha value is -4.23. The molecule has 3 N–H and O–H groups in total. The van der Waals surface area contributed by atoms with Gasteiger partial charge < -0.3 is 14.9 Å². The van der Waals surface area contributed by atoms with Crippen LogP contribution in [0.25, 0.3) is 44.5 Å². The van der Waals surface area contributed by atoms with E-state index in [1.165, 1.54) is 18.4 Å². The lowest BCUT2D eigenvalue weighted by atomic mass is 9.90. The van der Waals surface area contributed by atoms with Gasteiger partial charge in [0, 0.05) is 22.5 Å². The van der Waals surface area contributed by atoms with Crippen molar-refractivity contribution in [3.8, 4) is 17.1 Å². The largest absolute Gasteiger partial charge is 0.353 e. The molecule has 6 rings (SSSR count). The van der Waals surface area contributed by atoms with Gasteiger partial charge in [-0.05, 0) is 93.6 Å². The number of hydrogen-bond donors (Lipinski definition) is 3. The monoisotopic (exact) mass is 503 g/mol. The molecule has 5 heterocycles. The molecule has 7 nitrogen and oxygen atoms in total. The van der Waals surface area contributed by atoms with Crippen LogP contribution < -0.4 is 5.32 Å². The Morgan fingerprint density at radius 1 is 1.13 bits per heavy atom. The number of aromatic amines is 2. The second-order valence-corrected chi connectivity index (χ2v) is 10.1. The van der Waals surface area contributed by atoms with Gasteiger partial charge in [0.25, 0.3) is 0 Å². The molecule has 4 aromatic heterocycles. The van der Waals surface area contributed by atoms with E-state index in [1.54, 1.807) is 0 Å². The highest BCUT2D eigenvalue weighted by molar-refractivity contribution is 5.98. The lowest BCUT2D eigenvalue weighted by Crippen LogP contribution is -2.27. The Labute approximate surface area is 222 Å². The normalized spacial score (nSPS) is 15.5. The molecule has 192 valence electrons. The summed E-state index contributed by atoms with van der Waals surface area (Å²) in [6.07, 6.45) is 15.6. The zero-order valence-corrected chi connectivity index (χ0v) is 22.0. The molecule has 5 aromatic rings. The molecule has 0 atom stereocenters. The van der Waals surface area contributed by atoms with E-state index in [0.717, 1.165) is 75.4 Å². The van der Waals surface area contributed by atoms with Gasteiger partial charge in [0.1, 0.15) is 5.69 Å². The van der Waals surface area contributed by atoms with Crippen LogP contribution in [0.15, 0.2) is 79.4 Å². The van der Waals surface area contributed by atoms with Gasteiger partial charge in [0.2, 0.25) is 0 Å². The zero-order valence-electron chi connectivity index (χ0n) is 22.0. The van der Waals surface area contributed by atoms with Crippen LogP contribution in [0.5, 0.6) is 0 Å². The fourth-order valence-electron chi connectivity index (χ4n) is 5.45. The summed E-state index contributed by atoms with van der Waals surface area (Å²) in [7, 11) is 0. The van der Waals surface area contributed by atoms with E-state index in [9.17, 15) is 0 Å². The van der Waals surface area contributed by atoms with Gasteiger partial charge in [-0.3, -0.25) is 10.1 Å². The van der Waals surface area contributed by atoms with Crippen LogP contribution >= 0.6 is 0 Å². The maximum absolute atomic E-state index is 4.77. The van der Waals surface area contributed by atoms with E-state index in [0.29, 0.717) is 5.92 Å². The third-order valence-corrected chi connectivity index (χ3v) is 7.53. The smallest absolute Gasteiger partial charge is 0.116 e. The zero-order chi connectivity index (χ0) is 26.1. The summed E-state index contributed by atoms with van der Waals surface area (Å²) in [5.41, 5.74) is 9.16. The first-order valence-electron chi connectivity index (χ1n) is 13.3. The Morgan fingerprint density at radius 2 is 2.00 bits per heavy atom. The van der Waals surface area contributed by atoms with Gasteiger partial charge in [0.15, 0.2) is 0 Å². The molecule has 0 bridgehead atoms. The Kier molecular flexibility index (Phi) is 6.52. The van der Waals surface area contributed by atoms with Crippen molar-refractivity contribution in [1.82, 2.24) is 35.0 Å². The molecule has 0 amide bonds. The molecule has 1 saturated heterocycles. The van der Waals surface area contributed by atoms with E-state index >= 15 is 0 Å². The lowest BCUT2D eigenvalue weighted by Gasteiger charge is -2.23. The summed E-state index contributed by atoms with van der Waals surface area (Å²) in [5, 5.41) is 13.5. The van der Waals surface area contributed by atoms with Crippen LogP contribution in [0.2, 0.25) is 0 Å². The minimum absolute atomic E-state index is 0.702. The van der Waals surface area contributed by atoms with Crippen molar-refractivity contribution in [3.63, 3.8) is 0 Å². The van der Waals surface area contributed by atoms with Crippen molar-refractivity contribution in [1.29, 1.82) is 0 Å². The third kappa shape index (κ3) is 4.61. The van der Waals surface area contributed by atoms with Gasteiger partial charge in [0.05, 0.1) is 40.8 Å². The molecule has 1 fully saturated rings. The fraction of sp³-hybridized carbons (Fsp3) is 0.258. The molecule has 0 aliphatic carbocycles. The van der Waals surface area contributed by atoms with Crippen LogP contribution in [0.4, 0.5) is 0 Å². The van der Waals surface area contributed by atoms with Crippen LogP contribution in [-0.4, -0.2) is 42.8 Å². The van der Waals surface area contributed by atoms with Gasteiger partial charge in [-0.2, -0.15) is 5.10 Å². The van der Waals surface area contributed by atoms with E-state index in [2.05, 4.69) is 86.0 Å². The van der Waals surface area contributed by atoms with Crippen molar-refractivity contribution < 1.29 is 0 Å². The molecular formula is C31H33N7. The highest BCUT2D eigenvalue weighted by Gasteiger charge is 2.17. The SMILES string of the molecule is C=C/C(=C\C(=C/C)c1cc2c(-c3cc4c(-n5cnc(C)c5)cccc4[nH]3)n[nH]c2cn1)CC1CCNCC1. The standard InChI is InChI=1S/C31H33N7/c1-4-21(13-22-9-11-32-12-10-22)14-23(5-2)27-16-25-29(17-33-27)36-37-31(25)28-15-24-26(35-28)7-6-8-30(24)38-18-20(3)34-19-38/h4-8,14-19,22,32,35H,1,9-13H2,2-3H3,(H,36,37)/b21-14+,23-5+. The lowest BCUT2D eigenvalue weighted by molar-refractivity contribution is 0.374. The molecule has 0 spiro atoms. The summed E-state index contributed by atoms with van der Waals surface area (Å²) in [6, 6.07) is 10.6. The van der Waals surface area contributed by atoms with Crippen LogP contribution in [0.1, 0.15) is 37.6 Å². The summed E-state index contributed by atoms with van der Waals surface area (Å²) in [4.78, 5) is 12.7. The first-order valence-corrected chi connectivity index (χ1v) is 13.3. The van der Waals surface area contributed by atoms with E-state index in [4.69, 9.17) is 4.98 Å². The first-order chi connectivity index (χ1) is 18.6. The average molecular weight is 504 g/mol. The average Bonchev–Trinajstić information content (AvgIpc) is 3.68. The number of benzene rings is 1. The summed E-state index contributed by atoms with van der Waals surface area (Å²) >= 11 is 0. The maximum atomic E-state index is 4.77. The van der Waals surface area contributed by atoms with E-state index in [-0.39, 0.29) is 0 Å². The number of fused-ring (bicyclic) bond motifs is 2. The molecule has 1 aliphatic heterocycles. The number of rotatable bonds is 7. The quantitative estimate of drug-likeness (QED) is 0.221. The number of hydrogen-bond acceptors (Lipinski definition) is 4. The Morgan fingerprint density at radius 3 is 2.76 bits per heavy atom. The number of H-pyrrole nitrogens is 2. The Bertz CT molecular complexity index is 1670. The molecular weight excluding hydrogens is 470 g/mol. The summed E-state index contributed by atoms with van der Waals surface area (Å²) < 4.78 is 2.06. The minimum Gasteiger partial charge on any atom is -0.353 e. The highest BCUT2D eigenvalue weighted by Crippen LogP contribution is 2.33. The second kappa shape index (κ2) is 10.3. The number of piperidine rings is 1. The maximum Gasteiger partial charge on any atom is 0.116 e. The van der Waals surface area contributed by atoms with E-state index < -0.39 is 0 Å². The predicted molar refractivity (Wildman–Crippen MR) is 155 cm³/mol. The molecule has 7 heteroatoms. The number of aromatic nitrogens is 6. The Balaban J connectivity index is 1.36. The number of imidazole rings is 1. The van der Waals surface area contributed by atoms with Crippen LogP contribution in [0.3, 0.4) is 0 Å². The van der Waals surface area contributed by atoms with Crippen LogP contribution in [-0.2, 0) is 0 Å². The van der Waals surface area contributed by atoms with E-state index in [1.807, 2.05) is 31.7 Å². The van der Waals surface area contributed by atoms with Gasteiger partial charge in [-0.1, -0.05) is 24.8 Å². The summed E-state index contributed by atoms with van der Waals surface area (Å²) in [6.45, 7) is 10.4. The summed E-state index contributed by atoms with van der Waals surface area (Å²) in [5.74, 6) is 0.702. The number of allylic oxidation sites excluding steroid dienone is 5. The van der Waals surface area contributed by atoms with Crippen molar-refractivity contribution in [2.75, 3.05) is 13.1 Å². The molecule has 1 aliphatic rings. The molecule has 38 heavy (non-hydrogen) atoms. The molecule has 0 saturated carbocycles. The van der Waals surface area contributed by atoms with Crippen molar-refractivity contribution in [3.05, 3.63) is 90.8 Å². The topological polar surface area (TPSA) is 87.2 Å². The van der Waals surface area contributed by atoms with Gasteiger partial charge >= 0.3 is 0 Å². The minimum atomic E-state index is 0.702.